The van der Waals surface area contributed by atoms with E-state index in [1.54, 1.807) is 12.1 Å². The summed E-state index contributed by atoms with van der Waals surface area (Å²) in [5.41, 5.74) is 3.13. The standard InChI is InChI=1S/C14H12BrClFN/c1-9-6-11(16)3-5-14(9)18-8-10-2-4-13(17)12(15)7-10/h2-7,18H,8H2,1H3. The van der Waals surface area contributed by atoms with Gasteiger partial charge < -0.3 is 5.32 Å². The number of rotatable bonds is 3. The van der Waals surface area contributed by atoms with Crippen LogP contribution in [0.5, 0.6) is 0 Å². The van der Waals surface area contributed by atoms with Gasteiger partial charge in [0.05, 0.1) is 4.47 Å². The van der Waals surface area contributed by atoms with Gasteiger partial charge in [-0.2, -0.15) is 0 Å². The second-order valence-corrected chi connectivity index (χ2v) is 5.35. The Hall–Kier alpha value is -1.06. The first-order valence-corrected chi connectivity index (χ1v) is 6.67. The van der Waals surface area contributed by atoms with Crippen LogP contribution in [0, 0.1) is 12.7 Å². The van der Waals surface area contributed by atoms with Gasteiger partial charge in [0.1, 0.15) is 5.82 Å². The van der Waals surface area contributed by atoms with Crippen molar-refractivity contribution in [3.63, 3.8) is 0 Å². The van der Waals surface area contributed by atoms with Gasteiger partial charge in [-0.3, -0.25) is 0 Å². The van der Waals surface area contributed by atoms with E-state index in [1.807, 2.05) is 25.1 Å². The molecular formula is C14H12BrClFN. The zero-order valence-electron chi connectivity index (χ0n) is 9.81. The molecule has 0 aromatic heterocycles. The minimum Gasteiger partial charge on any atom is -0.381 e. The van der Waals surface area contributed by atoms with Crippen LogP contribution >= 0.6 is 27.5 Å². The van der Waals surface area contributed by atoms with Gasteiger partial charge in [0, 0.05) is 17.3 Å². The molecule has 1 nitrogen and oxygen atoms in total. The lowest BCUT2D eigenvalue weighted by Gasteiger charge is -2.10. The zero-order chi connectivity index (χ0) is 13.1. The lowest BCUT2D eigenvalue weighted by molar-refractivity contribution is 0.620. The third kappa shape index (κ3) is 3.24. The Morgan fingerprint density at radius 3 is 2.67 bits per heavy atom. The maximum absolute atomic E-state index is 13.1. The Balaban J connectivity index is 2.09. The van der Waals surface area contributed by atoms with Crippen molar-refractivity contribution >= 4 is 33.2 Å². The molecule has 0 saturated heterocycles. The van der Waals surface area contributed by atoms with E-state index in [0.29, 0.717) is 11.0 Å². The van der Waals surface area contributed by atoms with Crippen molar-refractivity contribution in [2.45, 2.75) is 13.5 Å². The fourth-order valence-corrected chi connectivity index (χ4v) is 2.33. The zero-order valence-corrected chi connectivity index (χ0v) is 12.1. The molecule has 0 aliphatic heterocycles. The predicted molar refractivity (Wildman–Crippen MR) is 77.6 cm³/mol. The molecule has 94 valence electrons. The van der Waals surface area contributed by atoms with Gasteiger partial charge in [0.2, 0.25) is 0 Å². The van der Waals surface area contributed by atoms with E-state index >= 15 is 0 Å². The van der Waals surface area contributed by atoms with Crippen LogP contribution in [0.4, 0.5) is 10.1 Å². The molecule has 18 heavy (non-hydrogen) atoms. The molecule has 0 spiro atoms. The van der Waals surface area contributed by atoms with E-state index in [9.17, 15) is 4.39 Å². The van der Waals surface area contributed by atoms with Crippen molar-refractivity contribution in [2.75, 3.05) is 5.32 Å². The number of anilines is 1. The highest BCUT2D eigenvalue weighted by Gasteiger charge is 2.02. The molecule has 1 N–H and O–H groups in total. The van der Waals surface area contributed by atoms with Gasteiger partial charge >= 0.3 is 0 Å². The van der Waals surface area contributed by atoms with Gasteiger partial charge in [0.15, 0.2) is 0 Å². The monoisotopic (exact) mass is 327 g/mol. The molecule has 4 heteroatoms. The van der Waals surface area contributed by atoms with Crippen LogP contribution < -0.4 is 5.32 Å². The number of hydrogen-bond acceptors (Lipinski definition) is 1. The number of hydrogen-bond donors (Lipinski definition) is 1. The largest absolute Gasteiger partial charge is 0.381 e. The van der Waals surface area contributed by atoms with Crippen LogP contribution in [0.25, 0.3) is 0 Å². The number of nitrogens with one attached hydrogen (secondary N) is 1. The Labute approximate surface area is 119 Å². The summed E-state index contributed by atoms with van der Waals surface area (Å²) in [4.78, 5) is 0. The molecule has 0 saturated carbocycles. The van der Waals surface area contributed by atoms with Crippen LogP contribution in [-0.2, 0) is 6.54 Å². The normalized spacial score (nSPS) is 10.4. The highest BCUT2D eigenvalue weighted by Crippen LogP contribution is 2.21. The second kappa shape index (κ2) is 5.72. The average Bonchev–Trinajstić information content (AvgIpc) is 2.32. The summed E-state index contributed by atoms with van der Waals surface area (Å²) in [7, 11) is 0. The van der Waals surface area contributed by atoms with Crippen molar-refractivity contribution in [2.24, 2.45) is 0 Å². The Kier molecular flexibility index (Phi) is 4.25. The topological polar surface area (TPSA) is 12.0 Å². The average molecular weight is 329 g/mol. The minimum absolute atomic E-state index is 0.249. The summed E-state index contributed by atoms with van der Waals surface area (Å²) in [6.07, 6.45) is 0. The van der Waals surface area contributed by atoms with Crippen molar-refractivity contribution in [3.8, 4) is 0 Å². The quantitative estimate of drug-likeness (QED) is 0.820. The SMILES string of the molecule is Cc1cc(Cl)ccc1NCc1ccc(F)c(Br)c1. The molecule has 0 radical (unpaired) electrons. The molecule has 0 atom stereocenters. The van der Waals surface area contributed by atoms with E-state index in [2.05, 4.69) is 21.2 Å². The number of benzene rings is 2. The summed E-state index contributed by atoms with van der Waals surface area (Å²) in [5, 5.41) is 4.03. The maximum Gasteiger partial charge on any atom is 0.137 e. The summed E-state index contributed by atoms with van der Waals surface area (Å²) >= 11 is 9.07. The minimum atomic E-state index is -0.249. The van der Waals surface area contributed by atoms with E-state index in [-0.39, 0.29) is 5.82 Å². The second-order valence-electron chi connectivity index (χ2n) is 4.06. The van der Waals surface area contributed by atoms with Gasteiger partial charge in [-0.1, -0.05) is 17.7 Å². The fraction of sp³-hybridized carbons (Fsp3) is 0.143. The molecule has 0 bridgehead atoms. The lowest BCUT2D eigenvalue weighted by atomic mass is 10.2. The van der Waals surface area contributed by atoms with Crippen molar-refractivity contribution < 1.29 is 4.39 Å². The van der Waals surface area contributed by atoms with Gasteiger partial charge in [-0.05, 0) is 64.3 Å². The van der Waals surface area contributed by atoms with Gasteiger partial charge in [0.25, 0.3) is 0 Å². The first-order chi connectivity index (χ1) is 8.56. The van der Waals surface area contributed by atoms with Crippen molar-refractivity contribution in [1.82, 2.24) is 0 Å². The van der Waals surface area contributed by atoms with E-state index < -0.39 is 0 Å². The molecule has 0 unspecified atom stereocenters. The lowest BCUT2D eigenvalue weighted by Crippen LogP contribution is -2.01. The highest BCUT2D eigenvalue weighted by molar-refractivity contribution is 9.10. The summed E-state index contributed by atoms with van der Waals surface area (Å²) in [5.74, 6) is -0.249. The molecular weight excluding hydrogens is 317 g/mol. The van der Waals surface area contributed by atoms with E-state index in [0.717, 1.165) is 21.8 Å². The smallest absolute Gasteiger partial charge is 0.137 e. The Morgan fingerprint density at radius 1 is 1.22 bits per heavy atom. The molecule has 2 aromatic carbocycles. The van der Waals surface area contributed by atoms with E-state index in [4.69, 9.17) is 11.6 Å². The summed E-state index contributed by atoms with van der Waals surface area (Å²) < 4.78 is 13.6. The molecule has 0 aliphatic rings. The number of aryl methyl sites for hydroxylation is 1. The van der Waals surface area contributed by atoms with Crippen molar-refractivity contribution in [1.29, 1.82) is 0 Å². The molecule has 2 rings (SSSR count). The number of halogens is 3. The van der Waals surface area contributed by atoms with Gasteiger partial charge in [-0.25, -0.2) is 4.39 Å². The first kappa shape index (κ1) is 13.4. The third-order valence-electron chi connectivity index (χ3n) is 2.66. The molecule has 0 heterocycles. The van der Waals surface area contributed by atoms with Crippen LogP contribution in [0.2, 0.25) is 5.02 Å². The summed E-state index contributed by atoms with van der Waals surface area (Å²) in [6, 6.07) is 10.7. The van der Waals surface area contributed by atoms with E-state index in [1.165, 1.54) is 6.07 Å². The summed E-state index contributed by atoms with van der Waals surface area (Å²) in [6.45, 7) is 2.64. The molecule has 2 aromatic rings. The Bertz CT molecular complexity index is 572. The maximum atomic E-state index is 13.1. The predicted octanol–water partition coefficient (Wildman–Crippen LogP) is 5.16. The van der Waals surface area contributed by atoms with Crippen LogP contribution in [-0.4, -0.2) is 0 Å². The van der Waals surface area contributed by atoms with Crippen LogP contribution in [0.1, 0.15) is 11.1 Å². The highest BCUT2D eigenvalue weighted by atomic mass is 79.9. The Morgan fingerprint density at radius 2 is 2.00 bits per heavy atom. The van der Waals surface area contributed by atoms with Crippen LogP contribution in [0.15, 0.2) is 40.9 Å². The fourth-order valence-electron chi connectivity index (χ4n) is 1.67. The molecule has 0 fully saturated rings. The first-order valence-electron chi connectivity index (χ1n) is 5.50. The van der Waals surface area contributed by atoms with Crippen LogP contribution in [0.3, 0.4) is 0 Å². The third-order valence-corrected chi connectivity index (χ3v) is 3.50. The van der Waals surface area contributed by atoms with Gasteiger partial charge in [-0.15, -0.1) is 0 Å². The molecule has 0 amide bonds. The van der Waals surface area contributed by atoms with Crippen molar-refractivity contribution in [3.05, 3.63) is 62.8 Å². The molecule has 0 aliphatic carbocycles.